The molecule has 0 aliphatic carbocycles. The minimum atomic E-state index is -3.64. The van der Waals surface area contributed by atoms with Crippen molar-refractivity contribution in [2.75, 3.05) is 26.3 Å². The monoisotopic (exact) mass is 427 g/mol. The van der Waals surface area contributed by atoms with E-state index in [1.165, 1.54) is 21.1 Å². The largest absolute Gasteiger partial charge is 0.379 e. The zero-order valence-electron chi connectivity index (χ0n) is 16.4. The van der Waals surface area contributed by atoms with Gasteiger partial charge in [-0.05, 0) is 37.3 Å². The number of nitrogens with one attached hydrogen (secondary N) is 1. The van der Waals surface area contributed by atoms with Gasteiger partial charge >= 0.3 is 0 Å². The molecule has 0 spiro atoms. The SMILES string of the molecule is Cc1[nH]n(-c2ccccc2)c(=O)c1N=Nc1cccc(S(=O)(=O)N2CCOCC2)c1. The molecule has 1 saturated heterocycles. The van der Waals surface area contributed by atoms with Crippen molar-refractivity contribution in [1.29, 1.82) is 0 Å². The molecule has 10 heteroatoms. The molecular formula is C20H21N5O4S. The van der Waals surface area contributed by atoms with Gasteiger partial charge in [-0.1, -0.05) is 24.3 Å². The summed E-state index contributed by atoms with van der Waals surface area (Å²) in [5.74, 6) is 0. The zero-order valence-corrected chi connectivity index (χ0v) is 17.2. The van der Waals surface area contributed by atoms with E-state index in [0.29, 0.717) is 43.4 Å². The average molecular weight is 427 g/mol. The Morgan fingerprint density at radius 1 is 1.00 bits per heavy atom. The number of sulfonamides is 1. The lowest BCUT2D eigenvalue weighted by atomic mass is 10.3. The number of azo groups is 1. The van der Waals surface area contributed by atoms with Gasteiger partial charge in [0.25, 0.3) is 5.56 Å². The van der Waals surface area contributed by atoms with Crippen molar-refractivity contribution in [2.24, 2.45) is 10.2 Å². The minimum Gasteiger partial charge on any atom is -0.379 e. The second kappa shape index (κ2) is 8.34. The standard InChI is InChI=1S/C20H21N5O4S/c1-15-19(20(26)25(23-15)17-7-3-2-4-8-17)22-21-16-6-5-9-18(14-16)30(27,28)24-10-12-29-13-11-24/h2-9,14,23H,10-13H2,1H3. The molecule has 2 aromatic carbocycles. The molecule has 0 amide bonds. The van der Waals surface area contributed by atoms with Gasteiger partial charge in [0.1, 0.15) is 0 Å². The Hall–Kier alpha value is -3.08. The number of ether oxygens (including phenoxy) is 1. The third kappa shape index (κ3) is 3.97. The van der Waals surface area contributed by atoms with Gasteiger partial charge in [-0.15, -0.1) is 5.11 Å². The van der Waals surface area contributed by atoms with Crippen LogP contribution in [0.1, 0.15) is 5.69 Å². The first-order valence-electron chi connectivity index (χ1n) is 9.43. The number of hydrogen-bond acceptors (Lipinski definition) is 6. The number of benzene rings is 2. The topological polar surface area (TPSA) is 109 Å². The zero-order chi connectivity index (χ0) is 21.1. The number of aromatic nitrogens is 2. The molecule has 1 aromatic heterocycles. The number of H-pyrrole nitrogens is 1. The second-order valence-corrected chi connectivity index (χ2v) is 8.71. The number of aryl methyl sites for hydroxylation is 1. The Balaban J connectivity index is 1.62. The molecule has 0 radical (unpaired) electrons. The fraction of sp³-hybridized carbons (Fsp3) is 0.250. The van der Waals surface area contributed by atoms with E-state index in [4.69, 9.17) is 4.74 Å². The molecule has 30 heavy (non-hydrogen) atoms. The number of aromatic amines is 1. The summed E-state index contributed by atoms with van der Waals surface area (Å²) in [5.41, 5.74) is 1.42. The Morgan fingerprint density at radius 2 is 1.73 bits per heavy atom. The van der Waals surface area contributed by atoms with Crippen molar-refractivity contribution in [1.82, 2.24) is 14.1 Å². The van der Waals surface area contributed by atoms with Crippen LogP contribution in [0.5, 0.6) is 0 Å². The van der Waals surface area contributed by atoms with E-state index in [9.17, 15) is 13.2 Å². The summed E-state index contributed by atoms with van der Waals surface area (Å²) in [6.07, 6.45) is 0. The molecule has 156 valence electrons. The first-order chi connectivity index (χ1) is 14.5. The van der Waals surface area contributed by atoms with Crippen LogP contribution in [0.25, 0.3) is 5.69 Å². The van der Waals surface area contributed by atoms with E-state index >= 15 is 0 Å². The molecule has 1 N–H and O–H groups in total. The van der Waals surface area contributed by atoms with Gasteiger partial charge < -0.3 is 4.74 Å². The molecule has 4 rings (SSSR count). The maximum atomic E-state index is 12.8. The van der Waals surface area contributed by atoms with Crippen LogP contribution in [0, 0.1) is 6.92 Å². The van der Waals surface area contributed by atoms with Crippen LogP contribution in [0.3, 0.4) is 0 Å². The quantitative estimate of drug-likeness (QED) is 0.631. The van der Waals surface area contributed by atoms with E-state index in [1.807, 2.05) is 18.2 Å². The van der Waals surface area contributed by atoms with Gasteiger partial charge in [-0.2, -0.15) is 9.42 Å². The predicted octanol–water partition coefficient (Wildman–Crippen LogP) is 2.91. The summed E-state index contributed by atoms with van der Waals surface area (Å²) in [4.78, 5) is 12.8. The molecule has 1 fully saturated rings. The minimum absolute atomic E-state index is 0.133. The van der Waals surface area contributed by atoms with Gasteiger partial charge in [-0.25, -0.2) is 13.1 Å². The maximum Gasteiger partial charge on any atom is 0.299 e. The lowest BCUT2D eigenvalue weighted by Gasteiger charge is -2.26. The lowest BCUT2D eigenvalue weighted by Crippen LogP contribution is -2.40. The van der Waals surface area contributed by atoms with Gasteiger partial charge in [0, 0.05) is 13.1 Å². The molecular weight excluding hydrogens is 406 g/mol. The third-order valence-electron chi connectivity index (χ3n) is 4.75. The van der Waals surface area contributed by atoms with Crippen molar-refractivity contribution in [3.8, 4) is 5.69 Å². The number of hydrogen-bond donors (Lipinski definition) is 1. The summed E-state index contributed by atoms with van der Waals surface area (Å²) in [5, 5.41) is 11.2. The molecule has 0 saturated carbocycles. The highest BCUT2D eigenvalue weighted by Crippen LogP contribution is 2.24. The number of morpholine rings is 1. The number of rotatable bonds is 5. The summed E-state index contributed by atoms with van der Waals surface area (Å²) in [7, 11) is -3.64. The maximum absolute atomic E-state index is 12.8. The second-order valence-electron chi connectivity index (χ2n) is 6.78. The van der Waals surface area contributed by atoms with Gasteiger partial charge in [0.05, 0.1) is 35.2 Å². The predicted molar refractivity (Wildman–Crippen MR) is 111 cm³/mol. The molecule has 1 aliphatic heterocycles. The first kappa shape index (κ1) is 20.2. The summed E-state index contributed by atoms with van der Waals surface area (Å²) >= 11 is 0. The van der Waals surface area contributed by atoms with Crippen molar-refractivity contribution < 1.29 is 13.2 Å². The van der Waals surface area contributed by atoms with Crippen molar-refractivity contribution in [3.63, 3.8) is 0 Å². The smallest absolute Gasteiger partial charge is 0.299 e. The Bertz CT molecular complexity index is 1230. The molecule has 0 atom stereocenters. The van der Waals surface area contributed by atoms with Crippen LogP contribution < -0.4 is 5.56 Å². The van der Waals surface area contributed by atoms with Crippen molar-refractivity contribution >= 4 is 21.4 Å². The van der Waals surface area contributed by atoms with Gasteiger partial charge in [0.2, 0.25) is 10.0 Å². The van der Waals surface area contributed by atoms with Gasteiger partial charge in [-0.3, -0.25) is 9.89 Å². The summed E-state index contributed by atoms with van der Waals surface area (Å²) < 4.78 is 33.7. The Kier molecular flexibility index (Phi) is 5.62. The molecule has 3 aromatic rings. The van der Waals surface area contributed by atoms with Crippen LogP contribution in [0.15, 0.2) is 74.5 Å². The lowest BCUT2D eigenvalue weighted by molar-refractivity contribution is 0.0730. The molecule has 2 heterocycles. The number of nitrogens with zero attached hydrogens (tertiary/aromatic N) is 4. The Morgan fingerprint density at radius 3 is 2.47 bits per heavy atom. The van der Waals surface area contributed by atoms with Crippen LogP contribution in [0.4, 0.5) is 11.4 Å². The van der Waals surface area contributed by atoms with E-state index in [-0.39, 0.29) is 16.1 Å². The van der Waals surface area contributed by atoms with Crippen molar-refractivity contribution in [3.05, 3.63) is 70.6 Å². The van der Waals surface area contributed by atoms with Crippen LogP contribution >= 0.6 is 0 Å². The highest BCUT2D eigenvalue weighted by Gasteiger charge is 2.26. The van der Waals surface area contributed by atoms with Crippen LogP contribution in [-0.4, -0.2) is 48.8 Å². The summed E-state index contributed by atoms with van der Waals surface area (Å²) in [6, 6.07) is 15.4. The Labute approximate surface area is 173 Å². The fourth-order valence-corrected chi connectivity index (χ4v) is 4.61. The molecule has 0 bridgehead atoms. The van der Waals surface area contributed by atoms with Crippen molar-refractivity contribution in [2.45, 2.75) is 11.8 Å². The third-order valence-corrected chi connectivity index (χ3v) is 6.64. The molecule has 0 unspecified atom stereocenters. The number of para-hydroxylation sites is 1. The average Bonchev–Trinajstić information content (AvgIpc) is 3.07. The van der Waals surface area contributed by atoms with E-state index in [2.05, 4.69) is 15.3 Å². The highest BCUT2D eigenvalue weighted by molar-refractivity contribution is 7.89. The van der Waals surface area contributed by atoms with Crippen LogP contribution in [-0.2, 0) is 14.8 Å². The van der Waals surface area contributed by atoms with E-state index in [1.54, 1.807) is 31.2 Å². The highest BCUT2D eigenvalue weighted by atomic mass is 32.2. The van der Waals surface area contributed by atoms with Crippen LogP contribution in [0.2, 0.25) is 0 Å². The van der Waals surface area contributed by atoms with E-state index < -0.39 is 10.0 Å². The molecule has 1 aliphatic rings. The first-order valence-corrected chi connectivity index (χ1v) is 10.9. The fourth-order valence-electron chi connectivity index (χ4n) is 3.16. The normalized spacial score (nSPS) is 15.6. The van der Waals surface area contributed by atoms with Gasteiger partial charge in [0.15, 0.2) is 5.69 Å². The molecule has 9 nitrogen and oxygen atoms in total. The van der Waals surface area contributed by atoms with E-state index in [0.717, 1.165) is 0 Å². The summed E-state index contributed by atoms with van der Waals surface area (Å²) in [6.45, 7) is 3.11.